The lowest BCUT2D eigenvalue weighted by molar-refractivity contribution is 0.0726. The highest BCUT2D eigenvalue weighted by atomic mass is 35.5. The summed E-state index contributed by atoms with van der Waals surface area (Å²) in [6.45, 7) is 3.13. The number of anilines is 1. The average molecular weight is 533 g/mol. The average Bonchev–Trinajstić information content (AvgIpc) is 2.87. The van der Waals surface area contributed by atoms with Crippen molar-refractivity contribution >= 4 is 35.1 Å². The van der Waals surface area contributed by atoms with E-state index in [0.717, 1.165) is 43.7 Å². The number of fused-ring (bicyclic) bond motifs is 6. The van der Waals surface area contributed by atoms with Gasteiger partial charge in [-0.25, -0.2) is 8.78 Å². The van der Waals surface area contributed by atoms with Gasteiger partial charge in [0.1, 0.15) is 29.7 Å². The fraction of sp³-hybridized carbons (Fsp3) is 0.296. The second-order valence-electron chi connectivity index (χ2n) is 8.52. The number of phenols is 1. The molecule has 0 saturated heterocycles. The zero-order valence-electron chi connectivity index (χ0n) is 19.8. The molecule has 0 saturated carbocycles. The lowest BCUT2D eigenvalue weighted by atomic mass is 10.0. The Morgan fingerprint density at radius 3 is 2.69 bits per heavy atom. The van der Waals surface area contributed by atoms with Crippen molar-refractivity contribution in [3.63, 3.8) is 0 Å². The maximum Gasteiger partial charge on any atom is 0.254 e. The lowest BCUT2D eigenvalue weighted by Crippen LogP contribution is -2.35. The van der Waals surface area contributed by atoms with Gasteiger partial charge < -0.3 is 19.5 Å². The number of rotatable bonds is 5. The zero-order chi connectivity index (χ0) is 25.7. The van der Waals surface area contributed by atoms with E-state index in [1.807, 2.05) is 0 Å². The van der Waals surface area contributed by atoms with E-state index in [1.165, 1.54) is 18.2 Å². The number of aromatic hydroxyl groups is 1. The number of phenolic OH excluding ortho intramolecular Hbond substituents is 1. The van der Waals surface area contributed by atoms with Crippen LogP contribution >= 0.6 is 23.5 Å². The van der Waals surface area contributed by atoms with Gasteiger partial charge in [-0.1, -0.05) is 56.0 Å². The van der Waals surface area contributed by atoms with Crippen LogP contribution in [0, 0.1) is 11.6 Å². The fourth-order valence-electron chi connectivity index (χ4n) is 4.03. The van der Waals surface area contributed by atoms with Crippen molar-refractivity contribution in [1.82, 2.24) is 4.90 Å². The number of carbonyl (C=O) groups excluding carboxylic acids is 1. The summed E-state index contributed by atoms with van der Waals surface area (Å²) in [6, 6.07) is 12.0. The van der Waals surface area contributed by atoms with Crippen LogP contribution in [0.2, 0.25) is 5.02 Å². The summed E-state index contributed by atoms with van der Waals surface area (Å²) in [5, 5.41) is 10.5. The third kappa shape index (κ3) is 5.87. The highest BCUT2D eigenvalue weighted by molar-refractivity contribution is 8.00. The lowest BCUT2D eigenvalue weighted by Gasteiger charge is -2.24. The highest BCUT2D eigenvalue weighted by Gasteiger charge is 2.22. The van der Waals surface area contributed by atoms with E-state index in [-0.39, 0.29) is 39.4 Å². The van der Waals surface area contributed by atoms with Gasteiger partial charge in [0.05, 0.1) is 22.2 Å². The predicted molar refractivity (Wildman–Crippen MR) is 140 cm³/mol. The van der Waals surface area contributed by atoms with Crippen molar-refractivity contribution < 1.29 is 23.4 Å². The Bertz CT molecular complexity index is 1260. The van der Waals surface area contributed by atoms with Crippen LogP contribution in [0.25, 0.3) is 11.1 Å². The molecule has 190 valence electrons. The van der Waals surface area contributed by atoms with Gasteiger partial charge in [-0.15, -0.1) is 0 Å². The fourth-order valence-corrected chi connectivity index (χ4v) is 5.07. The van der Waals surface area contributed by atoms with Gasteiger partial charge in [-0.05, 0) is 42.6 Å². The maximum atomic E-state index is 14.8. The Balaban J connectivity index is 1.76. The quantitative estimate of drug-likeness (QED) is 0.263. The van der Waals surface area contributed by atoms with E-state index >= 15 is 0 Å². The minimum Gasteiger partial charge on any atom is -0.505 e. The second kappa shape index (κ2) is 11.8. The Kier molecular flexibility index (Phi) is 8.59. The smallest absolute Gasteiger partial charge is 0.254 e. The molecular formula is C27H27ClF2N2O3S. The summed E-state index contributed by atoms with van der Waals surface area (Å²) in [5.74, 6) is -1.59. The van der Waals surface area contributed by atoms with Crippen molar-refractivity contribution in [2.24, 2.45) is 0 Å². The first-order valence-corrected chi connectivity index (χ1v) is 13.0. The molecule has 1 amide bonds. The Morgan fingerprint density at radius 1 is 1.08 bits per heavy atom. The molecule has 4 bridgehead atoms. The molecule has 0 radical (unpaired) electrons. The Hall–Kier alpha value is -2.97. The number of hydrogen-bond acceptors (Lipinski definition) is 5. The van der Waals surface area contributed by atoms with Gasteiger partial charge in [0.2, 0.25) is 0 Å². The molecule has 0 aromatic heterocycles. The molecule has 5 nitrogen and oxygen atoms in total. The van der Waals surface area contributed by atoms with E-state index < -0.39 is 11.6 Å². The van der Waals surface area contributed by atoms with Crippen LogP contribution in [0.4, 0.5) is 14.5 Å². The van der Waals surface area contributed by atoms with Crippen LogP contribution in [0.15, 0.2) is 53.4 Å². The summed E-state index contributed by atoms with van der Waals surface area (Å²) >= 11 is 7.12. The van der Waals surface area contributed by atoms with Gasteiger partial charge in [0, 0.05) is 29.3 Å². The number of nitrogens with one attached hydrogen (secondary N) is 1. The molecule has 2 N–H and O–H groups in total. The first-order valence-electron chi connectivity index (χ1n) is 11.8. The molecular weight excluding hydrogens is 506 g/mol. The maximum absolute atomic E-state index is 14.8. The SMILES string of the molecule is CCCCCCN1CCOc2ccccc2-c2cc(c(F)cc2F)NSc2cc(cc(Cl)c2O)C1=O. The van der Waals surface area contributed by atoms with Crippen molar-refractivity contribution in [2.45, 2.75) is 37.5 Å². The third-order valence-electron chi connectivity index (χ3n) is 5.97. The summed E-state index contributed by atoms with van der Waals surface area (Å²) in [7, 11) is 0. The number of halogens is 3. The number of unbranched alkanes of at least 4 members (excludes halogenated alkanes) is 3. The van der Waals surface area contributed by atoms with Gasteiger partial charge in [0.15, 0.2) is 0 Å². The molecule has 0 unspecified atom stereocenters. The van der Waals surface area contributed by atoms with Crippen molar-refractivity contribution in [3.8, 4) is 22.6 Å². The van der Waals surface area contributed by atoms with Crippen LogP contribution in [0.5, 0.6) is 11.5 Å². The number of carbonyl (C=O) groups is 1. The van der Waals surface area contributed by atoms with Crippen molar-refractivity contribution in [1.29, 1.82) is 0 Å². The van der Waals surface area contributed by atoms with Crippen molar-refractivity contribution in [2.75, 3.05) is 24.4 Å². The summed E-state index contributed by atoms with van der Waals surface area (Å²) in [4.78, 5) is 15.4. The number of benzene rings is 3. The van der Waals surface area contributed by atoms with E-state index in [9.17, 15) is 18.7 Å². The minimum atomic E-state index is -0.803. The van der Waals surface area contributed by atoms with E-state index in [1.54, 1.807) is 29.2 Å². The first kappa shape index (κ1) is 26.1. The number of para-hydroxylation sites is 1. The molecule has 1 aliphatic rings. The minimum absolute atomic E-state index is 0.00400. The van der Waals surface area contributed by atoms with Gasteiger partial charge >= 0.3 is 0 Å². The number of amides is 1. The zero-order valence-corrected chi connectivity index (χ0v) is 21.4. The van der Waals surface area contributed by atoms with Crippen LogP contribution in [-0.4, -0.2) is 35.6 Å². The van der Waals surface area contributed by atoms with E-state index in [0.29, 0.717) is 30.0 Å². The summed E-state index contributed by atoms with van der Waals surface area (Å²) in [6.07, 6.45) is 3.98. The van der Waals surface area contributed by atoms with Gasteiger partial charge in [-0.3, -0.25) is 4.79 Å². The topological polar surface area (TPSA) is 61.8 Å². The molecule has 3 aromatic rings. The molecule has 36 heavy (non-hydrogen) atoms. The predicted octanol–water partition coefficient (Wildman–Crippen LogP) is 7.52. The molecule has 0 spiro atoms. The van der Waals surface area contributed by atoms with Gasteiger partial charge in [-0.2, -0.15) is 0 Å². The molecule has 0 fully saturated rings. The molecule has 0 atom stereocenters. The number of nitrogens with zero attached hydrogens (tertiary/aromatic N) is 1. The molecule has 9 heteroatoms. The largest absolute Gasteiger partial charge is 0.505 e. The third-order valence-corrected chi connectivity index (χ3v) is 7.11. The number of ether oxygens (including phenoxy) is 1. The normalized spacial score (nSPS) is 13.8. The monoisotopic (exact) mass is 532 g/mol. The Labute approximate surface area is 218 Å². The standard InChI is InChI=1S/C27H27ClF2N2O3S/c1-2-3-4-7-10-32-11-12-35-24-9-6-5-8-18(24)19-15-23(22(30)16-21(19)29)31-36-25-14-17(27(32)34)13-20(28)26(25)33/h5-6,8-9,13-16,31,33H,2-4,7,10-12H2,1H3. The molecule has 0 aliphatic carbocycles. The van der Waals surface area contributed by atoms with Crippen molar-refractivity contribution in [3.05, 3.63) is 70.8 Å². The summed E-state index contributed by atoms with van der Waals surface area (Å²) < 4.78 is 38.3. The van der Waals surface area contributed by atoms with E-state index in [4.69, 9.17) is 16.3 Å². The highest BCUT2D eigenvalue weighted by Crippen LogP contribution is 2.39. The number of hydrogen-bond donors (Lipinski definition) is 2. The summed E-state index contributed by atoms with van der Waals surface area (Å²) in [5.41, 5.74) is 0.928. The van der Waals surface area contributed by atoms with Crippen LogP contribution in [-0.2, 0) is 0 Å². The van der Waals surface area contributed by atoms with Gasteiger partial charge in [0.25, 0.3) is 5.91 Å². The molecule has 3 aromatic carbocycles. The molecule has 1 aliphatic heterocycles. The van der Waals surface area contributed by atoms with E-state index in [2.05, 4.69) is 11.6 Å². The van der Waals surface area contributed by atoms with Crippen LogP contribution in [0.3, 0.4) is 0 Å². The molecule has 1 heterocycles. The first-order chi connectivity index (χ1) is 17.4. The van der Waals surface area contributed by atoms with Crippen LogP contribution in [0.1, 0.15) is 43.0 Å². The Morgan fingerprint density at radius 2 is 1.89 bits per heavy atom. The van der Waals surface area contributed by atoms with Crippen LogP contribution < -0.4 is 9.46 Å². The second-order valence-corrected chi connectivity index (χ2v) is 9.77. The molecule has 4 rings (SSSR count).